The van der Waals surface area contributed by atoms with Crippen LogP contribution in [0.2, 0.25) is 0 Å². The molecule has 1 N–H and O–H groups in total. The van der Waals surface area contributed by atoms with E-state index >= 15 is 0 Å². The third-order valence-corrected chi connectivity index (χ3v) is 4.38. The fourth-order valence-corrected chi connectivity index (χ4v) is 3.75. The molecule has 0 amide bonds. The Kier molecular flexibility index (Phi) is 6.82. The third kappa shape index (κ3) is 5.83. The molecule has 0 heterocycles. The third-order valence-electron chi connectivity index (χ3n) is 4.38. The van der Waals surface area contributed by atoms with Crippen LogP contribution in [-0.4, -0.2) is 37.1 Å². The molecule has 0 spiro atoms. The largest absolute Gasteiger partial charge is 0.313 e. The normalized spacial score (nSPS) is 28.9. The fraction of sp³-hybridized carbons (Fsp3) is 1.00. The van der Waals surface area contributed by atoms with Crippen LogP contribution in [-0.2, 0) is 0 Å². The van der Waals surface area contributed by atoms with Crippen molar-refractivity contribution in [3.8, 4) is 0 Å². The highest BCUT2D eigenvalue weighted by Gasteiger charge is 2.33. The van der Waals surface area contributed by atoms with Crippen LogP contribution in [0.3, 0.4) is 0 Å². The Hall–Kier alpha value is -0.0800. The molecular weight excluding hydrogens is 232 g/mol. The lowest BCUT2D eigenvalue weighted by Crippen LogP contribution is -2.53. The first kappa shape index (κ1) is 17.0. The Morgan fingerprint density at radius 1 is 1.16 bits per heavy atom. The van der Waals surface area contributed by atoms with Crippen LogP contribution in [0.4, 0.5) is 0 Å². The van der Waals surface area contributed by atoms with Crippen LogP contribution < -0.4 is 5.32 Å². The van der Waals surface area contributed by atoms with E-state index in [1.165, 1.54) is 38.6 Å². The topological polar surface area (TPSA) is 15.3 Å². The smallest absolute Gasteiger partial charge is 0.0249 e. The molecule has 0 aromatic rings. The summed E-state index contributed by atoms with van der Waals surface area (Å²) in [5.74, 6) is 0.951. The molecule has 3 unspecified atom stereocenters. The summed E-state index contributed by atoms with van der Waals surface area (Å²) in [6.45, 7) is 13.9. The Labute approximate surface area is 121 Å². The van der Waals surface area contributed by atoms with Crippen LogP contribution in [0.15, 0.2) is 0 Å². The maximum absolute atomic E-state index is 3.72. The van der Waals surface area contributed by atoms with Gasteiger partial charge in [-0.2, -0.15) is 0 Å². The first-order valence-corrected chi connectivity index (χ1v) is 8.31. The summed E-state index contributed by atoms with van der Waals surface area (Å²) in [6.07, 6.45) is 6.92. The van der Waals surface area contributed by atoms with Crippen molar-refractivity contribution in [3.05, 3.63) is 0 Å². The molecule has 3 atom stereocenters. The highest BCUT2D eigenvalue weighted by atomic mass is 15.2. The number of hydrogen-bond donors (Lipinski definition) is 1. The second-order valence-corrected chi connectivity index (χ2v) is 7.68. The van der Waals surface area contributed by atoms with E-state index in [0.717, 1.165) is 18.5 Å². The van der Waals surface area contributed by atoms with E-state index in [4.69, 9.17) is 0 Å². The highest BCUT2D eigenvalue weighted by Crippen LogP contribution is 2.31. The van der Waals surface area contributed by atoms with Gasteiger partial charge in [-0.15, -0.1) is 0 Å². The van der Waals surface area contributed by atoms with Crippen LogP contribution >= 0.6 is 0 Å². The lowest BCUT2D eigenvalue weighted by molar-refractivity contribution is 0.0886. The minimum Gasteiger partial charge on any atom is -0.313 e. The minimum atomic E-state index is 0.392. The molecule has 0 aromatic heterocycles. The Balaban J connectivity index is 2.64. The standard InChI is InChI=1S/C17H36N2/c1-7-9-14-10-11-15(18-8-2)16(12-14)19(6)13-17(3,4)5/h14-16,18H,7-13H2,1-6H3. The van der Waals surface area contributed by atoms with Gasteiger partial charge in [0.15, 0.2) is 0 Å². The molecular formula is C17H36N2. The second-order valence-electron chi connectivity index (χ2n) is 7.68. The van der Waals surface area contributed by atoms with Gasteiger partial charge in [-0.1, -0.05) is 47.5 Å². The molecule has 19 heavy (non-hydrogen) atoms. The average Bonchev–Trinajstić information content (AvgIpc) is 2.29. The van der Waals surface area contributed by atoms with Crippen molar-refractivity contribution in [1.29, 1.82) is 0 Å². The van der Waals surface area contributed by atoms with Gasteiger partial charge in [0.25, 0.3) is 0 Å². The van der Waals surface area contributed by atoms with Gasteiger partial charge >= 0.3 is 0 Å². The van der Waals surface area contributed by atoms with Gasteiger partial charge in [-0.25, -0.2) is 0 Å². The molecule has 0 saturated heterocycles. The molecule has 0 radical (unpaired) electrons. The molecule has 0 aliphatic heterocycles. The van der Waals surface area contributed by atoms with Gasteiger partial charge in [-0.05, 0) is 44.2 Å². The number of nitrogens with one attached hydrogen (secondary N) is 1. The maximum atomic E-state index is 3.72. The number of hydrogen-bond acceptors (Lipinski definition) is 2. The van der Waals surface area contributed by atoms with E-state index in [1.54, 1.807) is 0 Å². The molecule has 1 saturated carbocycles. The summed E-state index contributed by atoms with van der Waals surface area (Å²) in [6, 6.07) is 1.43. The lowest BCUT2D eigenvalue weighted by atomic mass is 9.79. The zero-order valence-electron chi connectivity index (χ0n) is 14.1. The molecule has 1 fully saturated rings. The van der Waals surface area contributed by atoms with E-state index in [2.05, 4.69) is 51.9 Å². The van der Waals surface area contributed by atoms with E-state index in [-0.39, 0.29) is 0 Å². The van der Waals surface area contributed by atoms with Crippen LogP contribution in [0.25, 0.3) is 0 Å². The molecule has 1 aliphatic carbocycles. The number of likely N-dealkylation sites (N-methyl/N-ethyl adjacent to an activating group) is 2. The zero-order valence-corrected chi connectivity index (χ0v) is 14.1. The first-order valence-electron chi connectivity index (χ1n) is 8.31. The van der Waals surface area contributed by atoms with Crippen molar-refractivity contribution < 1.29 is 0 Å². The summed E-state index contributed by atoms with van der Waals surface area (Å²) in [5.41, 5.74) is 0.392. The average molecular weight is 268 g/mol. The number of rotatable bonds is 6. The summed E-state index contributed by atoms with van der Waals surface area (Å²) >= 11 is 0. The monoisotopic (exact) mass is 268 g/mol. The quantitative estimate of drug-likeness (QED) is 0.785. The first-order chi connectivity index (χ1) is 8.87. The SMILES string of the molecule is CCCC1CCC(NCC)C(N(C)CC(C)(C)C)C1. The van der Waals surface area contributed by atoms with E-state index in [0.29, 0.717) is 11.5 Å². The molecule has 2 nitrogen and oxygen atoms in total. The van der Waals surface area contributed by atoms with Gasteiger partial charge in [0, 0.05) is 18.6 Å². The van der Waals surface area contributed by atoms with Gasteiger partial charge in [0.1, 0.15) is 0 Å². The molecule has 0 aromatic carbocycles. The molecule has 0 bridgehead atoms. The Bertz CT molecular complexity index is 244. The summed E-state index contributed by atoms with van der Waals surface area (Å²) in [5, 5.41) is 3.72. The molecule has 2 heteroatoms. The lowest BCUT2D eigenvalue weighted by Gasteiger charge is -2.43. The van der Waals surface area contributed by atoms with Crippen molar-refractivity contribution in [2.45, 2.75) is 78.8 Å². The summed E-state index contributed by atoms with van der Waals surface area (Å²) < 4.78 is 0. The van der Waals surface area contributed by atoms with E-state index in [1.807, 2.05) is 0 Å². The van der Waals surface area contributed by atoms with Gasteiger partial charge in [0.05, 0.1) is 0 Å². The fourth-order valence-electron chi connectivity index (χ4n) is 3.75. The number of nitrogens with zero attached hydrogens (tertiary/aromatic N) is 1. The van der Waals surface area contributed by atoms with E-state index < -0.39 is 0 Å². The van der Waals surface area contributed by atoms with Crippen molar-refractivity contribution in [2.24, 2.45) is 11.3 Å². The Morgan fingerprint density at radius 3 is 2.37 bits per heavy atom. The second kappa shape index (κ2) is 7.64. The van der Waals surface area contributed by atoms with Gasteiger partial charge in [0.2, 0.25) is 0 Å². The maximum Gasteiger partial charge on any atom is 0.0249 e. The Morgan fingerprint density at radius 2 is 1.84 bits per heavy atom. The van der Waals surface area contributed by atoms with Crippen molar-refractivity contribution in [2.75, 3.05) is 20.1 Å². The van der Waals surface area contributed by atoms with Crippen LogP contribution in [0, 0.1) is 11.3 Å². The van der Waals surface area contributed by atoms with Gasteiger partial charge < -0.3 is 10.2 Å². The highest BCUT2D eigenvalue weighted by molar-refractivity contribution is 4.91. The van der Waals surface area contributed by atoms with Crippen molar-refractivity contribution in [1.82, 2.24) is 10.2 Å². The predicted octanol–water partition coefficient (Wildman–Crippen LogP) is 3.91. The van der Waals surface area contributed by atoms with Crippen LogP contribution in [0.1, 0.15) is 66.7 Å². The molecule has 1 aliphatic rings. The minimum absolute atomic E-state index is 0.392. The predicted molar refractivity (Wildman–Crippen MR) is 85.6 cm³/mol. The zero-order chi connectivity index (χ0) is 14.5. The van der Waals surface area contributed by atoms with Crippen LogP contribution in [0.5, 0.6) is 0 Å². The summed E-state index contributed by atoms with van der Waals surface area (Å²) in [4.78, 5) is 2.62. The van der Waals surface area contributed by atoms with Crippen molar-refractivity contribution in [3.63, 3.8) is 0 Å². The van der Waals surface area contributed by atoms with E-state index in [9.17, 15) is 0 Å². The molecule has 114 valence electrons. The van der Waals surface area contributed by atoms with Gasteiger partial charge in [-0.3, -0.25) is 0 Å². The summed E-state index contributed by atoms with van der Waals surface area (Å²) in [7, 11) is 2.33. The van der Waals surface area contributed by atoms with Crippen molar-refractivity contribution >= 4 is 0 Å². The molecule has 1 rings (SSSR count).